The third-order valence-corrected chi connectivity index (χ3v) is 1.91. The van der Waals surface area contributed by atoms with Gasteiger partial charge in [0, 0.05) is 6.20 Å². The summed E-state index contributed by atoms with van der Waals surface area (Å²) in [5, 5.41) is 10.8. The number of nitro groups is 1. The average molecular weight is 221 g/mol. The SMILES string of the molecule is CC(C)(C)/C=C/c1nccc(N)c1[N+](=O)[O-]. The predicted octanol–water partition coefficient (Wildman–Crippen LogP) is 2.63. The van der Waals surface area contributed by atoms with E-state index in [0.29, 0.717) is 5.69 Å². The molecule has 0 aromatic carbocycles. The molecule has 0 atom stereocenters. The lowest BCUT2D eigenvalue weighted by Crippen LogP contribution is -2.02. The van der Waals surface area contributed by atoms with Gasteiger partial charge in [0.15, 0.2) is 0 Å². The van der Waals surface area contributed by atoms with Crippen molar-refractivity contribution in [2.45, 2.75) is 20.8 Å². The molecular formula is C11H15N3O2. The second kappa shape index (κ2) is 4.30. The number of nitrogens with zero attached hydrogens (tertiary/aromatic N) is 2. The van der Waals surface area contributed by atoms with Crippen LogP contribution in [0.15, 0.2) is 18.3 Å². The van der Waals surface area contributed by atoms with Gasteiger partial charge in [0.2, 0.25) is 0 Å². The minimum atomic E-state index is -0.509. The van der Waals surface area contributed by atoms with E-state index < -0.39 is 4.92 Å². The molecule has 0 spiro atoms. The smallest absolute Gasteiger partial charge is 0.317 e. The molecule has 2 N–H and O–H groups in total. The second-order valence-electron chi connectivity index (χ2n) is 4.59. The van der Waals surface area contributed by atoms with Crippen LogP contribution >= 0.6 is 0 Å². The molecule has 0 unspecified atom stereocenters. The van der Waals surface area contributed by atoms with Crippen LogP contribution in [0.2, 0.25) is 0 Å². The molecule has 0 aliphatic heterocycles. The van der Waals surface area contributed by atoms with Gasteiger partial charge in [-0.2, -0.15) is 0 Å². The highest BCUT2D eigenvalue weighted by Gasteiger charge is 2.17. The predicted molar refractivity (Wildman–Crippen MR) is 63.8 cm³/mol. The van der Waals surface area contributed by atoms with Gasteiger partial charge >= 0.3 is 5.69 Å². The lowest BCUT2D eigenvalue weighted by atomic mass is 9.96. The molecule has 1 aromatic heterocycles. The van der Waals surface area contributed by atoms with Gasteiger partial charge in [0.1, 0.15) is 11.4 Å². The molecule has 0 bridgehead atoms. The van der Waals surface area contributed by atoms with Crippen LogP contribution in [0.3, 0.4) is 0 Å². The fraction of sp³-hybridized carbons (Fsp3) is 0.364. The van der Waals surface area contributed by atoms with Crippen LogP contribution in [0.4, 0.5) is 11.4 Å². The number of hydrogen-bond donors (Lipinski definition) is 1. The van der Waals surface area contributed by atoms with Crippen LogP contribution in [0.1, 0.15) is 26.5 Å². The third-order valence-electron chi connectivity index (χ3n) is 1.91. The Morgan fingerprint density at radius 3 is 2.62 bits per heavy atom. The molecule has 16 heavy (non-hydrogen) atoms. The van der Waals surface area contributed by atoms with Gasteiger partial charge in [-0.15, -0.1) is 0 Å². The Hall–Kier alpha value is -1.91. The maximum Gasteiger partial charge on any atom is 0.317 e. The van der Waals surface area contributed by atoms with Crippen LogP contribution in [-0.2, 0) is 0 Å². The fourth-order valence-electron chi connectivity index (χ4n) is 1.14. The van der Waals surface area contributed by atoms with Crippen LogP contribution in [-0.4, -0.2) is 9.91 Å². The first-order valence-electron chi connectivity index (χ1n) is 4.89. The molecule has 0 fully saturated rings. The van der Waals surface area contributed by atoms with Crippen LogP contribution in [0, 0.1) is 15.5 Å². The number of nitrogen functional groups attached to an aromatic ring is 1. The first kappa shape index (κ1) is 12.2. The third kappa shape index (κ3) is 3.05. The summed E-state index contributed by atoms with van der Waals surface area (Å²) in [5.74, 6) is 0. The first-order chi connectivity index (χ1) is 7.31. The van der Waals surface area contributed by atoms with Crippen molar-refractivity contribution < 1.29 is 4.92 Å². The van der Waals surface area contributed by atoms with Gasteiger partial charge in [-0.25, -0.2) is 4.98 Å². The number of nitrogens with two attached hydrogens (primary N) is 1. The number of pyridine rings is 1. The van der Waals surface area contributed by atoms with E-state index >= 15 is 0 Å². The molecule has 1 rings (SSSR count). The molecule has 1 heterocycles. The lowest BCUT2D eigenvalue weighted by Gasteiger charge is -2.10. The average Bonchev–Trinajstić information content (AvgIpc) is 2.12. The van der Waals surface area contributed by atoms with Gasteiger partial charge in [-0.05, 0) is 17.6 Å². The summed E-state index contributed by atoms with van der Waals surface area (Å²) >= 11 is 0. The van der Waals surface area contributed by atoms with Crippen molar-refractivity contribution in [3.05, 3.63) is 34.1 Å². The van der Waals surface area contributed by atoms with Crippen molar-refractivity contribution in [2.24, 2.45) is 5.41 Å². The zero-order valence-corrected chi connectivity index (χ0v) is 9.60. The highest BCUT2D eigenvalue weighted by Crippen LogP contribution is 2.26. The summed E-state index contributed by atoms with van der Waals surface area (Å²) in [6, 6.07) is 1.42. The fourth-order valence-corrected chi connectivity index (χ4v) is 1.14. The zero-order valence-electron chi connectivity index (χ0n) is 9.60. The van der Waals surface area contributed by atoms with Crippen molar-refractivity contribution >= 4 is 17.5 Å². The molecule has 0 aliphatic rings. The van der Waals surface area contributed by atoms with Crippen LogP contribution in [0.5, 0.6) is 0 Å². The number of rotatable bonds is 2. The minimum Gasteiger partial charge on any atom is -0.393 e. The summed E-state index contributed by atoms with van der Waals surface area (Å²) in [7, 11) is 0. The van der Waals surface area contributed by atoms with E-state index in [1.54, 1.807) is 6.08 Å². The number of aromatic nitrogens is 1. The van der Waals surface area contributed by atoms with Crippen molar-refractivity contribution in [2.75, 3.05) is 5.73 Å². The standard InChI is InChI=1S/C11H15N3O2/c1-11(2,3)6-4-9-10(14(15)16)8(12)5-7-13-9/h4-7H,1-3H3,(H2,12,13)/b6-4+. The summed E-state index contributed by atoms with van der Waals surface area (Å²) in [6.07, 6.45) is 4.96. The van der Waals surface area contributed by atoms with E-state index in [1.807, 2.05) is 26.8 Å². The van der Waals surface area contributed by atoms with E-state index in [-0.39, 0.29) is 16.8 Å². The van der Waals surface area contributed by atoms with Crippen molar-refractivity contribution in [3.8, 4) is 0 Å². The van der Waals surface area contributed by atoms with E-state index in [4.69, 9.17) is 5.73 Å². The summed E-state index contributed by atoms with van der Waals surface area (Å²) in [6.45, 7) is 6.00. The maximum atomic E-state index is 10.8. The van der Waals surface area contributed by atoms with Crippen molar-refractivity contribution in [1.29, 1.82) is 0 Å². The largest absolute Gasteiger partial charge is 0.393 e. The quantitative estimate of drug-likeness (QED) is 0.614. The van der Waals surface area contributed by atoms with E-state index in [2.05, 4.69) is 4.98 Å². The molecule has 1 aromatic rings. The molecule has 5 heteroatoms. The molecular weight excluding hydrogens is 206 g/mol. The summed E-state index contributed by atoms with van der Waals surface area (Å²) < 4.78 is 0. The van der Waals surface area contributed by atoms with E-state index in [9.17, 15) is 10.1 Å². The molecule has 86 valence electrons. The van der Waals surface area contributed by atoms with E-state index in [1.165, 1.54) is 12.3 Å². The normalized spacial score (nSPS) is 11.9. The first-order valence-corrected chi connectivity index (χ1v) is 4.89. The van der Waals surface area contributed by atoms with Gasteiger partial charge < -0.3 is 5.73 Å². The Balaban J connectivity index is 3.19. The molecule has 0 amide bonds. The van der Waals surface area contributed by atoms with Gasteiger partial charge in [-0.3, -0.25) is 10.1 Å². The van der Waals surface area contributed by atoms with Gasteiger partial charge in [-0.1, -0.05) is 26.8 Å². The monoisotopic (exact) mass is 221 g/mol. The Morgan fingerprint density at radius 2 is 2.12 bits per heavy atom. The molecule has 0 saturated heterocycles. The Labute approximate surface area is 94.1 Å². The van der Waals surface area contributed by atoms with Crippen molar-refractivity contribution in [1.82, 2.24) is 4.98 Å². The Kier molecular flexibility index (Phi) is 3.27. The summed E-state index contributed by atoms with van der Waals surface area (Å²) in [5.41, 5.74) is 5.78. The maximum absolute atomic E-state index is 10.8. The molecule has 0 aliphatic carbocycles. The molecule has 0 saturated carbocycles. The molecule has 0 radical (unpaired) electrons. The zero-order chi connectivity index (χ0) is 12.3. The summed E-state index contributed by atoms with van der Waals surface area (Å²) in [4.78, 5) is 14.3. The van der Waals surface area contributed by atoms with Gasteiger partial charge in [0.05, 0.1) is 4.92 Å². The Bertz CT molecular complexity index is 433. The number of hydrogen-bond acceptors (Lipinski definition) is 4. The lowest BCUT2D eigenvalue weighted by molar-refractivity contribution is -0.384. The van der Waals surface area contributed by atoms with Crippen molar-refractivity contribution in [3.63, 3.8) is 0 Å². The highest BCUT2D eigenvalue weighted by atomic mass is 16.6. The highest BCUT2D eigenvalue weighted by molar-refractivity contribution is 5.68. The topological polar surface area (TPSA) is 82.0 Å². The van der Waals surface area contributed by atoms with Crippen LogP contribution in [0.25, 0.3) is 6.08 Å². The van der Waals surface area contributed by atoms with E-state index in [0.717, 1.165) is 0 Å². The number of allylic oxidation sites excluding steroid dienone is 1. The molecule has 5 nitrogen and oxygen atoms in total. The van der Waals surface area contributed by atoms with Gasteiger partial charge in [0.25, 0.3) is 0 Å². The second-order valence-corrected chi connectivity index (χ2v) is 4.59. The van der Waals surface area contributed by atoms with Crippen LogP contribution < -0.4 is 5.73 Å². The number of anilines is 1. The minimum absolute atomic E-state index is 0.0554. The Morgan fingerprint density at radius 1 is 1.50 bits per heavy atom.